The summed E-state index contributed by atoms with van der Waals surface area (Å²) in [6, 6.07) is 0. The Labute approximate surface area is 607 Å². The first-order valence-corrected chi connectivity index (χ1v) is 42.5. The van der Waals surface area contributed by atoms with Crippen LogP contribution in [0.5, 0.6) is 0 Å². The molecular weight excluding hydrogens is 1310 g/mol. The zero-order valence-electron chi connectivity index (χ0n) is 63.1. The van der Waals surface area contributed by atoms with E-state index in [2.05, 4.69) is 125 Å². The van der Waals surface area contributed by atoms with E-state index in [1.165, 1.54) is 83.5 Å². The number of phosphoric acid groups is 2. The first-order valence-electron chi connectivity index (χ1n) is 39.5. The minimum absolute atomic E-state index is 0.0741. The van der Waals surface area contributed by atoms with Gasteiger partial charge in [-0.1, -0.05) is 260 Å². The smallest absolute Gasteiger partial charge is 0.462 e. The minimum atomic E-state index is -4.98. The predicted octanol–water partition coefficient (Wildman–Crippen LogP) is 22.8. The number of ether oxygens (including phenoxy) is 4. The molecule has 0 saturated heterocycles. The maximum Gasteiger partial charge on any atom is 0.472 e. The van der Waals surface area contributed by atoms with Gasteiger partial charge >= 0.3 is 39.5 Å². The first-order chi connectivity index (χ1) is 48.7. The van der Waals surface area contributed by atoms with Crippen LogP contribution in [0.15, 0.2) is 97.2 Å². The van der Waals surface area contributed by atoms with Crippen molar-refractivity contribution < 1.29 is 80.2 Å². The van der Waals surface area contributed by atoms with Crippen molar-refractivity contribution in [1.29, 1.82) is 0 Å². The summed E-state index contributed by atoms with van der Waals surface area (Å²) in [6.45, 7) is 4.74. The third-order valence-electron chi connectivity index (χ3n) is 16.5. The molecule has 0 amide bonds. The average Bonchev–Trinajstić information content (AvgIpc) is 1.01. The number of hydrogen-bond donors (Lipinski definition) is 3. The lowest BCUT2D eigenvalue weighted by Crippen LogP contribution is -2.30. The second kappa shape index (κ2) is 73.3. The van der Waals surface area contributed by atoms with Gasteiger partial charge in [-0.3, -0.25) is 37.3 Å². The van der Waals surface area contributed by atoms with E-state index < -0.39 is 97.5 Å². The predicted molar refractivity (Wildman–Crippen MR) is 409 cm³/mol. The monoisotopic (exact) mass is 1450 g/mol. The number of aliphatic hydroxyl groups excluding tert-OH is 1. The quantitative estimate of drug-likeness (QED) is 0.0128. The Morgan fingerprint density at radius 2 is 0.520 bits per heavy atom. The van der Waals surface area contributed by atoms with E-state index in [4.69, 9.17) is 37.0 Å². The average molecular weight is 1450 g/mol. The van der Waals surface area contributed by atoms with E-state index in [1.54, 1.807) is 0 Å². The highest BCUT2D eigenvalue weighted by molar-refractivity contribution is 7.47. The van der Waals surface area contributed by atoms with Crippen molar-refractivity contribution in [3.05, 3.63) is 97.2 Å². The third-order valence-corrected chi connectivity index (χ3v) is 18.4. The third kappa shape index (κ3) is 72.3. The number of hydrogen-bond acceptors (Lipinski definition) is 15. The van der Waals surface area contributed by atoms with E-state index in [-0.39, 0.29) is 25.7 Å². The number of carbonyl (C=O) groups is 4. The summed E-state index contributed by atoms with van der Waals surface area (Å²) in [4.78, 5) is 72.9. The molecule has 0 aliphatic carbocycles. The van der Waals surface area contributed by atoms with Gasteiger partial charge in [-0.25, -0.2) is 9.13 Å². The highest BCUT2D eigenvalue weighted by Gasteiger charge is 2.30. The summed E-state index contributed by atoms with van der Waals surface area (Å²) in [6.07, 6.45) is 76.6. The van der Waals surface area contributed by atoms with Gasteiger partial charge in [0.2, 0.25) is 0 Å². The van der Waals surface area contributed by atoms with Gasteiger partial charge in [0.15, 0.2) is 12.2 Å². The van der Waals surface area contributed by atoms with Gasteiger partial charge in [-0.05, 0) is 148 Å². The molecule has 0 aliphatic rings. The Hall–Kier alpha value is -4.02. The Morgan fingerprint density at radius 1 is 0.290 bits per heavy atom. The van der Waals surface area contributed by atoms with Crippen LogP contribution in [-0.4, -0.2) is 96.7 Å². The molecule has 3 N–H and O–H groups in total. The van der Waals surface area contributed by atoms with Crippen molar-refractivity contribution in [3.8, 4) is 0 Å². The molecule has 0 rings (SSSR count). The summed E-state index contributed by atoms with van der Waals surface area (Å²) in [5.41, 5.74) is 0. The van der Waals surface area contributed by atoms with Gasteiger partial charge in [-0.2, -0.15) is 0 Å². The summed E-state index contributed by atoms with van der Waals surface area (Å²) in [5.74, 6) is -2.22. The normalized spacial score (nSPS) is 14.4. The number of allylic oxidation sites excluding steroid dienone is 16. The second-order valence-corrected chi connectivity index (χ2v) is 29.2. The molecule has 100 heavy (non-hydrogen) atoms. The number of unbranched alkanes of at least 4 members (excludes halogenated alkanes) is 33. The fourth-order valence-corrected chi connectivity index (χ4v) is 12.0. The fraction of sp³-hybridized carbons (Fsp3) is 0.753. The summed E-state index contributed by atoms with van der Waals surface area (Å²) < 4.78 is 68.5. The molecule has 0 aromatic heterocycles. The maximum absolute atomic E-state index is 13.1. The largest absolute Gasteiger partial charge is 0.472 e. The molecule has 2 unspecified atom stereocenters. The van der Waals surface area contributed by atoms with Crippen LogP contribution in [0, 0.1) is 0 Å². The van der Waals surface area contributed by atoms with Crippen molar-refractivity contribution in [2.45, 2.75) is 354 Å². The van der Waals surface area contributed by atoms with E-state index in [1.807, 2.05) is 0 Å². The van der Waals surface area contributed by atoms with Crippen molar-refractivity contribution in [2.24, 2.45) is 0 Å². The molecule has 0 radical (unpaired) electrons. The lowest BCUT2D eigenvalue weighted by atomic mass is 10.1. The number of aliphatic hydroxyl groups is 1. The van der Waals surface area contributed by atoms with Crippen LogP contribution < -0.4 is 0 Å². The Morgan fingerprint density at radius 3 is 0.820 bits per heavy atom. The molecule has 0 spiro atoms. The Balaban J connectivity index is 5.40. The summed E-state index contributed by atoms with van der Waals surface area (Å²) >= 11 is 0. The zero-order chi connectivity index (χ0) is 73.2. The van der Waals surface area contributed by atoms with Gasteiger partial charge in [0.1, 0.15) is 19.3 Å². The van der Waals surface area contributed by atoms with Crippen molar-refractivity contribution in [1.82, 2.24) is 0 Å². The SMILES string of the molecule is CCCCC/C=C\C/C=C\CCCCCCCC(=O)OC[C@H](COP(=O)(O)OC[C@@H](O)COP(=O)(O)OC[C@@H](COC(=O)CCCCCCC/C=C\C/C=C\CCCCC)OC(=O)CCCCCCC/C=C\C/C=C\CCCCC)OC(=O)CCCCCCC/C=C\C=C/CCCCCC. The molecule has 0 aliphatic heterocycles. The van der Waals surface area contributed by atoms with Gasteiger partial charge in [0.05, 0.1) is 26.4 Å². The molecule has 0 heterocycles. The topological polar surface area (TPSA) is 237 Å². The minimum Gasteiger partial charge on any atom is -0.462 e. The second-order valence-electron chi connectivity index (χ2n) is 26.3. The Kier molecular flexibility index (Phi) is 70.4. The number of esters is 4. The number of carbonyl (C=O) groups excluding carboxylic acids is 4. The molecule has 578 valence electrons. The van der Waals surface area contributed by atoms with Crippen molar-refractivity contribution >= 4 is 39.5 Å². The molecule has 0 bridgehead atoms. The molecule has 5 atom stereocenters. The van der Waals surface area contributed by atoms with Crippen LogP contribution in [0.2, 0.25) is 0 Å². The van der Waals surface area contributed by atoms with Crippen LogP contribution in [-0.2, 0) is 65.4 Å². The Bertz CT molecular complexity index is 2270. The summed E-state index contributed by atoms with van der Waals surface area (Å²) in [5, 5.41) is 10.6. The molecule has 0 aromatic rings. The lowest BCUT2D eigenvalue weighted by molar-refractivity contribution is -0.161. The highest BCUT2D eigenvalue weighted by Crippen LogP contribution is 2.45. The zero-order valence-corrected chi connectivity index (χ0v) is 64.9. The molecule has 17 nitrogen and oxygen atoms in total. The van der Waals surface area contributed by atoms with Crippen LogP contribution in [0.25, 0.3) is 0 Å². The maximum atomic E-state index is 13.1. The van der Waals surface area contributed by atoms with E-state index in [0.29, 0.717) is 25.7 Å². The molecular formula is C81H142O17P2. The van der Waals surface area contributed by atoms with Crippen LogP contribution in [0.4, 0.5) is 0 Å². The van der Waals surface area contributed by atoms with E-state index in [9.17, 15) is 43.2 Å². The number of rotatable bonds is 74. The molecule has 0 aromatic carbocycles. The molecule has 0 saturated carbocycles. The standard InChI is InChI=1S/C81H142O17P2/c1-5-9-13-17-21-25-29-33-37-41-45-49-53-57-61-65-78(83)91-71-76(97-80(85)67-63-59-55-51-47-43-39-35-31-27-23-19-15-11-7-3)73-95-99(87,88)93-69-75(82)70-94-100(89,90)96-74-77(98-81(86)68-64-60-56-52-48-44-40-36-32-28-24-20-16-12-8-4)72-92-79(84)66-62-58-54-50-46-42-38-34-30-26-22-18-14-10-6-2/h21-23,25-28,32-40,75-77,82H,5-20,24,29-31,41-74H2,1-4H3,(H,87,88)(H,89,90)/b25-21-,26-22-,27-23-,32-28-,37-33-,38-34-,39-35-,40-36-/t75-,76+,77+/m0/s1. The van der Waals surface area contributed by atoms with Gasteiger partial charge in [-0.15, -0.1) is 0 Å². The van der Waals surface area contributed by atoms with Crippen molar-refractivity contribution in [2.75, 3.05) is 39.6 Å². The number of phosphoric ester groups is 2. The first kappa shape index (κ1) is 96.0. The fourth-order valence-electron chi connectivity index (χ4n) is 10.4. The van der Waals surface area contributed by atoms with Crippen LogP contribution in [0.1, 0.15) is 336 Å². The van der Waals surface area contributed by atoms with Gasteiger partial charge in [0, 0.05) is 25.7 Å². The highest BCUT2D eigenvalue weighted by atomic mass is 31.2. The van der Waals surface area contributed by atoms with Gasteiger partial charge in [0.25, 0.3) is 0 Å². The lowest BCUT2D eigenvalue weighted by Gasteiger charge is -2.21. The van der Waals surface area contributed by atoms with Crippen LogP contribution >= 0.6 is 15.6 Å². The van der Waals surface area contributed by atoms with Crippen molar-refractivity contribution in [3.63, 3.8) is 0 Å². The van der Waals surface area contributed by atoms with E-state index >= 15 is 0 Å². The van der Waals surface area contributed by atoms with Crippen LogP contribution in [0.3, 0.4) is 0 Å². The van der Waals surface area contributed by atoms with E-state index in [0.717, 1.165) is 173 Å². The molecule has 19 heteroatoms. The summed E-state index contributed by atoms with van der Waals surface area (Å²) in [7, 11) is -9.97. The molecule has 0 fully saturated rings. The van der Waals surface area contributed by atoms with Gasteiger partial charge < -0.3 is 33.8 Å².